The number of alkyl halides is 1. The van der Waals surface area contributed by atoms with E-state index in [9.17, 15) is 4.79 Å². The SMILES string of the molecule is CC(C)N(Cc1cccnc1)C(=O)CCCCBr. The second-order valence-electron chi connectivity index (χ2n) is 4.62. The Bertz CT molecular complexity index is 354. The van der Waals surface area contributed by atoms with Gasteiger partial charge in [0, 0.05) is 36.7 Å². The lowest BCUT2D eigenvalue weighted by Gasteiger charge is -2.27. The van der Waals surface area contributed by atoms with E-state index in [1.54, 1.807) is 6.20 Å². The van der Waals surface area contributed by atoms with Gasteiger partial charge in [0.05, 0.1) is 0 Å². The number of carbonyl (C=O) groups excluding carboxylic acids is 1. The van der Waals surface area contributed by atoms with Crippen LogP contribution in [0.4, 0.5) is 0 Å². The highest BCUT2D eigenvalue weighted by Crippen LogP contribution is 2.11. The molecular formula is C14H21BrN2O. The highest BCUT2D eigenvalue weighted by molar-refractivity contribution is 9.09. The van der Waals surface area contributed by atoms with Gasteiger partial charge in [-0.25, -0.2) is 0 Å². The van der Waals surface area contributed by atoms with Crippen LogP contribution in [0.1, 0.15) is 38.7 Å². The van der Waals surface area contributed by atoms with Crippen molar-refractivity contribution in [1.82, 2.24) is 9.88 Å². The molecule has 0 aliphatic carbocycles. The van der Waals surface area contributed by atoms with Crippen molar-refractivity contribution in [3.05, 3.63) is 30.1 Å². The van der Waals surface area contributed by atoms with Crippen molar-refractivity contribution in [1.29, 1.82) is 0 Å². The Morgan fingerprint density at radius 2 is 2.22 bits per heavy atom. The Kier molecular flexibility index (Phi) is 6.94. The van der Waals surface area contributed by atoms with Crippen LogP contribution >= 0.6 is 15.9 Å². The number of amides is 1. The third kappa shape index (κ3) is 5.17. The largest absolute Gasteiger partial charge is 0.336 e. The van der Waals surface area contributed by atoms with E-state index in [0.717, 1.165) is 23.7 Å². The number of hydrogen-bond donors (Lipinski definition) is 0. The van der Waals surface area contributed by atoms with Crippen molar-refractivity contribution >= 4 is 21.8 Å². The van der Waals surface area contributed by atoms with Gasteiger partial charge in [0.15, 0.2) is 0 Å². The number of carbonyl (C=O) groups is 1. The Hall–Kier alpha value is -0.900. The lowest BCUT2D eigenvalue weighted by Crippen LogP contribution is -2.36. The highest BCUT2D eigenvalue weighted by Gasteiger charge is 2.16. The van der Waals surface area contributed by atoms with Crippen LogP contribution in [0.5, 0.6) is 0 Å². The minimum atomic E-state index is 0.224. The number of hydrogen-bond acceptors (Lipinski definition) is 2. The third-order valence-electron chi connectivity index (χ3n) is 2.79. The molecule has 0 bridgehead atoms. The number of aromatic nitrogens is 1. The Labute approximate surface area is 118 Å². The molecule has 0 aliphatic heterocycles. The molecular weight excluding hydrogens is 292 g/mol. The molecule has 0 aliphatic rings. The van der Waals surface area contributed by atoms with Gasteiger partial charge in [-0.2, -0.15) is 0 Å². The van der Waals surface area contributed by atoms with E-state index in [2.05, 4.69) is 34.8 Å². The van der Waals surface area contributed by atoms with Gasteiger partial charge < -0.3 is 4.90 Å². The molecule has 3 nitrogen and oxygen atoms in total. The van der Waals surface area contributed by atoms with Gasteiger partial charge >= 0.3 is 0 Å². The highest BCUT2D eigenvalue weighted by atomic mass is 79.9. The van der Waals surface area contributed by atoms with E-state index >= 15 is 0 Å². The molecule has 1 amide bonds. The summed E-state index contributed by atoms with van der Waals surface area (Å²) in [7, 11) is 0. The summed E-state index contributed by atoms with van der Waals surface area (Å²) in [6.07, 6.45) is 6.19. The molecule has 0 spiro atoms. The first-order chi connectivity index (χ1) is 8.65. The molecule has 0 N–H and O–H groups in total. The lowest BCUT2D eigenvalue weighted by atomic mass is 10.2. The molecule has 1 rings (SSSR count). The molecule has 0 radical (unpaired) electrons. The molecule has 0 saturated carbocycles. The van der Waals surface area contributed by atoms with Gasteiger partial charge in [-0.05, 0) is 38.3 Å². The lowest BCUT2D eigenvalue weighted by molar-refractivity contribution is -0.133. The van der Waals surface area contributed by atoms with Gasteiger partial charge in [-0.15, -0.1) is 0 Å². The fraction of sp³-hybridized carbons (Fsp3) is 0.571. The van der Waals surface area contributed by atoms with Crippen LogP contribution < -0.4 is 0 Å². The van der Waals surface area contributed by atoms with E-state index in [4.69, 9.17) is 0 Å². The van der Waals surface area contributed by atoms with Crippen LogP contribution in [0, 0.1) is 0 Å². The zero-order valence-electron chi connectivity index (χ0n) is 11.1. The number of rotatable bonds is 7. The fourth-order valence-electron chi connectivity index (χ4n) is 1.76. The average molecular weight is 313 g/mol. The van der Waals surface area contributed by atoms with Crippen molar-refractivity contribution < 1.29 is 4.79 Å². The Morgan fingerprint density at radius 1 is 1.44 bits per heavy atom. The quantitative estimate of drug-likeness (QED) is 0.571. The van der Waals surface area contributed by atoms with E-state index in [-0.39, 0.29) is 11.9 Å². The fourth-order valence-corrected chi connectivity index (χ4v) is 2.16. The van der Waals surface area contributed by atoms with Gasteiger partial charge in [-0.1, -0.05) is 22.0 Å². The second-order valence-corrected chi connectivity index (χ2v) is 5.42. The predicted molar refractivity (Wildman–Crippen MR) is 77.6 cm³/mol. The van der Waals surface area contributed by atoms with Crippen molar-refractivity contribution in [3.63, 3.8) is 0 Å². The summed E-state index contributed by atoms with van der Waals surface area (Å²) in [6.45, 7) is 4.76. The summed E-state index contributed by atoms with van der Waals surface area (Å²) in [4.78, 5) is 18.2. The predicted octanol–water partition coefficient (Wildman–Crippen LogP) is 3.38. The maximum atomic E-state index is 12.2. The molecule has 1 heterocycles. The number of unbranched alkanes of at least 4 members (excludes halogenated alkanes) is 1. The maximum Gasteiger partial charge on any atom is 0.223 e. The van der Waals surface area contributed by atoms with E-state index < -0.39 is 0 Å². The minimum absolute atomic E-state index is 0.224. The van der Waals surface area contributed by atoms with Crippen molar-refractivity contribution in [2.75, 3.05) is 5.33 Å². The summed E-state index contributed by atoms with van der Waals surface area (Å²) in [6, 6.07) is 4.14. The summed E-state index contributed by atoms with van der Waals surface area (Å²) in [5.74, 6) is 0.231. The zero-order valence-corrected chi connectivity index (χ0v) is 12.7. The number of halogens is 1. The van der Waals surface area contributed by atoms with Crippen LogP contribution in [0.15, 0.2) is 24.5 Å². The van der Waals surface area contributed by atoms with E-state index in [1.807, 2.05) is 23.2 Å². The zero-order chi connectivity index (χ0) is 13.4. The molecule has 0 saturated heterocycles. The monoisotopic (exact) mass is 312 g/mol. The van der Waals surface area contributed by atoms with Gasteiger partial charge in [0.1, 0.15) is 0 Å². The molecule has 0 aromatic carbocycles. The first-order valence-corrected chi connectivity index (χ1v) is 7.51. The molecule has 100 valence electrons. The first kappa shape index (κ1) is 15.2. The molecule has 4 heteroatoms. The van der Waals surface area contributed by atoms with Crippen LogP contribution in [0.25, 0.3) is 0 Å². The maximum absolute atomic E-state index is 12.2. The van der Waals surface area contributed by atoms with Gasteiger partial charge in [-0.3, -0.25) is 9.78 Å². The van der Waals surface area contributed by atoms with Gasteiger partial charge in [0.25, 0.3) is 0 Å². The van der Waals surface area contributed by atoms with Crippen molar-refractivity contribution in [3.8, 4) is 0 Å². The van der Waals surface area contributed by atoms with Crippen molar-refractivity contribution in [2.24, 2.45) is 0 Å². The first-order valence-electron chi connectivity index (χ1n) is 6.39. The normalized spacial score (nSPS) is 10.7. The third-order valence-corrected chi connectivity index (χ3v) is 3.35. The topological polar surface area (TPSA) is 33.2 Å². The summed E-state index contributed by atoms with van der Waals surface area (Å²) >= 11 is 3.39. The Balaban J connectivity index is 2.57. The van der Waals surface area contributed by atoms with Crippen LogP contribution in [0.2, 0.25) is 0 Å². The summed E-state index contributed by atoms with van der Waals surface area (Å²) < 4.78 is 0. The van der Waals surface area contributed by atoms with E-state index in [0.29, 0.717) is 13.0 Å². The van der Waals surface area contributed by atoms with Crippen LogP contribution in [0.3, 0.4) is 0 Å². The molecule has 1 aromatic heterocycles. The standard InChI is InChI=1S/C14H21BrN2O/c1-12(2)17(14(18)7-3-4-8-15)11-13-6-5-9-16-10-13/h5-6,9-10,12H,3-4,7-8,11H2,1-2H3. The smallest absolute Gasteiger partial charge is 0.223 e. The molecule has 0 atom stereocenters. The average Bonchev–Trinajstić information content (AvgIpc) is 2.37. The molecule has 18 heavy (non-hydrogen) atoms. The van der Waals surface area contributed by atoms with Crippen LogP contribution in [-0.2, 0) is 11.3 Å². The minimum Gasteiger partial charge on any atom is -0.336 e. The molecule has 1 aromatic rings. The second kappa shape index (κ2) is 8.25. The molecule has 0 unspecified atom stereocenters. The van der Waals surface area contributed by atoms with E-state index in [1.165, 1.54) is 0 Å². The van der Waals surface area contributed by atoms with Crippen LogP contribution in [-0.4, -0.2) is 27.2 Å². The van der Waals surface area contributed by atoms with Gasteiger partial charge in [0.2, 0.25) is 5.91 Å². The summed E-state index contributed by atoms with van der Waals surface area (Å²) in [5.41, 5.74) is 1.08. The Morgan fingerprint density at radius 3 is 2.78 bits per heavy atom. The number of pyridine rings is 1. The summed E-state index contributed by atoms with van der Waals surface area (Å²) in [5, 5.41) is 0.963. The molecule has 0 fully saturated rings. The van der Waals surface area contributed by atoms with Crippen molar-refractivity contribution in [2.45, 2.75) is 45.7 Å². The number of nitrogens with zero attached hydrogens (tertiary/aromatic N) is 2.